The molecule has 0 saturated heterocycles. The van der Waals surface area contributed by atoms with Gasteiger partial charge < -0.3 is 5.32 Å². The van der Waals surface area contributed by atoms with Crippen LogP contribution >= 0.6 is 0 Å². The van der Waals surface area contributed by atoms with E-state index in [2.05, 4.69) is 27.7 Å². The predicted octanol–water partition coefficient (Wildman–Crippen LogP) is 1.65. The first kappa shape index (κ1) is 16.2. The first-order valence-electron chi connectivity index (χ1n) is 7.70. The highest BCUT2D eigenvalue weighted by Crippen LogP contribution is 2.08. The summed E-state index contributed by atoms with van der Waals surface area (Å²) in [5, 5.41) is 15.4. The fourth-order valence-electron chi connectivity index (χ4n) is 2.25. The Hall–Kier alpha value is -2.18. The average molecular weight is 304 g/mol. The maximum atomic E-state index is 12.1. The molecule has 0 fully saturated rings. The van der Waals surface area contributed by atoms with Crippen molar-refractivity contribution in [2.24, 2.45) is 7.05 Å². The summed E-state index contributed by atoms with van der Waals surface area (Å²) >= 11 is 0. The zero-order chi connectivity index (χ0) is 16.1. The van der Waals surface area contributed by atoms with Crippen molar-refractivity contribution in [1.82, 2.24) is 30.1 Å². The number of nitrogens with one attached hydrogen (secondary N) is 1. The quantitative estimate of drug-likeness (QED) is 0.844. The molecule has 7 heteroatoms. The highest BCUT2D eigenvalue weighted by molar-refractivity contribution is 5.93. The van der Waals surface area contributed by atoms with E-state index in [0.29, 0.717) is 12.2 Å². The van der Waals surface area contributed by atoms with Gasteiger partial charge in [-0.15, -0.1) is 5.10 Å². The molecule has 0 aliphatic heterocycles. The van der Waals surface area contributed by atoms with E-state index in [9.17, 15) is 4.79 Å². The minimum Gasteiger partial charge on any atom is -0.348 e. The van der Waals surface area contributed by atoms with Crippen LogP contribution in [0.4, 0.5) is 0 Å². The van der Waals surface area contributed by atoms with Gasteiger partial charge in [-0.1, -0.05) is 18.6 Å². The molecule has 1 unspecified atom stereocenters. The molecular formula is C15H24N6O. The van der Waals surface area contributed by atoms with Crippen molar-refractivity contribution in [3.8, 4) is 0 Å². The van der Waals surface area contributed by atoms with E-state index in [0.717, 1.165) is 30.5 Å². The van der Waals surface area contributed by atoms with E-state index in [1.807, 2.05) is 26.2 Å². The van der Waals surface area contributed by atoms with Crippen LogP contribution in [0.1, 0.15) is 54.5 Å². The first-order valence-corrected chi connectivity index (χ1v) is 7.70. The van der Waals surface area contributed by atoms with Gasteiger partial charge in [0, 0.05) is 31.5 Å². The number of unbranched alkanes of at least 4 members (excludes halogenated alkanes) is 1. The molecule has 2 heterocycles. The van der Waals surface area contributed by atoms with Crippen molar-refractivity contribution in [2.45, 2.75) is 46.1 Å². The van der Waals surface area contributed by atoms with Crippen molar-refractivity contribution in [3.05, 3.63) is 29.3 Å². The van der Waals surface area contributed by atoms with Crippen molar-refractivity contribution in [2.75, 3.05) is 6.54 Å². The Morgan fingerprint density at radius 1 is 1.41 bits per heavy atom. The molecule has 2 aromatic heterocycles. The lowest BCUT2D eigenvalue weighted by Gasteiger charge is -2.12. The minimum absolute atomic E-state index is 0.0517. The lowest BCUT2D eigenvalue weighted by atomic mass is 10.2. The molecule has 0 spiro atoms. The molecule has 0 saturated carbocycles. The first-order chi connectivity index (χ1) is 10.5. The van der Waals surface area contributed by atoms with Gasteiger partial charge >= 0.3 is 0 Å². The number of aryl methyl sites for hydroxylation is 3. The van der Waals surface area contributed by atoms with Gasteiger partial charge in [0.2, 0.25) is 0 Å². The summed E-state index contributed by atoms with van der Waals surface area (Å²) < 4.78 is 3.45. The Morgan fingerprint density at radius 2 is 2.18 bits per heavy atom. The van der Waals surface area contributed by atoms with Gasteiger partial charge in [0.05, 0.1) is 11.7 Å². The molecule has 2 rings (SSSR count). The number of nitrogens with zero attached hydrogens (tertiary/aromatic N) is 5. The Balaban J connectivity index is 1.89. The largest absolute Gasteiger partial charge is 0.348 e. The summed E-state index contributed by atoms with van der Waals surface area (Å²) in [7, 11) is 1.81. The standard InChI is InChI=1S/C15H24N6O/c1-5-6-7-13-10-21(19-17-13)12(3)8-16-15(22)14-11(2)9-20(4)18-14/h9-10,12H,5-8H2,1-4H3,(H,16,22). The van der Waals surface area contributed by atoms with Crippen molar-refractivity contribution >= 4 is 5.91 Å². The van der Waals surface area contributed by atoms with Crippen molar-refractivity contribution in [1.29, 1.82) is 0 Å². The molecule has 1 atom stereocenters. The molecule has 0 aliphatic rings. The van der Waals surface area contributed by atoms with E-state index in [1.165, 1.54) is 0 Å². The van der Waals surface area contributed by atoms with Gasteiger partial charge in [0.25, 0.3) is 5.91 Å². The monoisotopic (exact) mass is 304 g/mol. The molecule has 7 nitrogen and oxygen atoms in total. The van der Waals surface area contributed by atoms with Gasteiger partial charge in [-0.3, -0.25) is 9.48 Å². The molecular weight excluding hydrogens is 280 g/mol. The lowest BCUT2D eigenvalue weighted by molar-refractivity contribution is 0.0941. The fraction of sp³-hybridized carbons (Fsp3) is 0.600. The van der Waals surface area contributed by atoms with Crippen molar-refractivity contribution < 1.29 is 4.79 Å². The molecule has 120 valence electrons. The third-order valence-electron chi connectivity index (χ3n) is 3.58. The van der Waals surface area contributed by atoms with Crippen LogP contribution < -0.4 is 5.32 Å². The molecule has 0 aromatic carbocycles. The van der Waals surface area contributed by atoms with Crippen LogP contribution in [-0.4, -0.2) is 37.2 Å². The summed E-state index contributed by atoms with van der Waals surface area (Å²) in [6.07, 6.45) is 6.99. The number of carbonyl (C=O) groups is 1. The second kappa shape index (κ2) is 7.20. The number of rotatable bonds is 7. The third-order valence-corrected chi connectivity index (χ3v) is 3.58. The van der Waals surface area contributed by atoms with Gasteiger partial charge in [-0.25, -0.2) is 4.68 Å². The number of hydrogen-bond acceptors (Lipinski definition) is 4. The maximum Gasteiger partial charge on any atom is 0.272 e. The Kier molecular flexibility index (Phi) is 5.30. The van der Waals surface area contributed by atoms with Crippen LogP contribution in [0.25, 0.3) is 0 Å². The van der Waals surface area contributed by atoms with Gasteiger partial charge in [-0.2, -0.15) is 5.10 Å². The minimum atomic E-state index is -0.156. The van der Waals surface area contributed by atoms with Crippen LogP contribution in [0.15, 0.2) is 12.4 Å². The van der Waals surface area contributed by atoms with Crippen LogP contribution in [0, 0.1) is 6.92 Å². The SMILES string of the molecule is CCCCc1cn(C(C)CNC(=O)c2nn(C)cc2C)nn1. The molecule has 1 N–H and O–H groups in total. The molecule has 1 amide bonds. The van der Waals surface area contributed by atoms with Gasteiger partial charge in [-0.05, 0) is 26.7 Å². The normalized spacial score (nSPS) is 12.4. The van der Waals surface area contributed by atoms with Crippen LogP contribution in [0.2, 0.25) is 0 Å². The Morgan fingerprint density at radius 3 is 2.82 bits per heavy atom. The summed E-state index contributed by atoms with van der Waals surface area (Å²) in [5.74, 6) is -0.156. The predicted molar refractivity (Wildman–Crippen MR) is 83.6 cm³/mol. The molecule has 0 aliphatic carbocycles. The average Bonchev–Trinajstić information content (AvgIpc) is 3.08. The Bertz CT molecular complexity index is 630. The summed E-state index contributed by atoms with van der Waals surface area (Å²) in [6.45, 7) is 6.53. The topological polar surface area (TPSA) is 77.6 Å². The van der Waals surface area contributed by atoms with Crippen LogP contribution in [-0.2, 0) is 13.5 Å². The van der Waals surface area contributed by atoms with Crippen LogP contribution in [0.3, 0.4) is 0 Å². The number of aromatic nitrogens is 5. The highest BCUT2D eigenvalue weighted by Gasteiger charge is 2.15. The summed E-state index contributed by atoms with van der Waals surface area (Å²) in [4.78, 5) is 12.1. The third kappa shape index (κ3) is 3.93. The van der Waals surface area contributed by atoms with Gasteiger partial charge in [0.15, 0.2) is 5.69 Å². The number of hydrogen-bond donors (Lipinski definition) is 1. The second-order valence-corrected chi connectivity index (χ2v) is 5.69. The zero-order valence-electron chi connectivity index (χ0n) is 13.7. The van der Waals surface area contributed by atoms with E-state index < -0.39 is 0 Å². The summed E-state index contributed by atoms with van der Waals surface area (Å²) in [6, 6.07) is 0.0517. The lowest BCUT2D eigenvalue weighted by Crippen LogP contribution is -2.30. The Labute approximate surface area is 130 Å². The zero-order valence-corrected chi connectivity index (χ0v) is 13.7. The smallest absolute Gasteiger partial charge is 0.272 e. The fourth-order valence-corrected chi connectivity index (χ4v) is 2.25. The molecule has 0 bridgehead atoms. The molecule has 0 radical (unpaired) electrons. The maximum absolute atomic E-state index is 12.1. The second-order valence-electron chi connectivity index (χ2n) is 5.69. The number of carbonyl (C=O) groups excluding carboxylic acids is 1. The van der Waals surface area contributed by atoms with Crippen LogP contribution in [0.5, 0.6) is 0 Å². The van der Waals surface area contributed by atoms with E-state index in [1.54, 1.807) is 16.4 Å². The summed E-state index contributed by atoms with van der Waals surface area (Å²) in [5.41, 5.74) is 2.34. The highest BCUT2D eigenvalue weighted by atomic mass is 16.2. The molecule has 2 aromatic rings. The van der Waals surface area contributed by atoms with E-state index in [-0.39, 0.29) is 11.9 Å². The van der Waals surface area contributed by atoms with Crippen molar-refractivity contribution in [3.63, 3.8) is 0 Å². The van der Waals surface area contributed by atoms with Gasteiger partial charge in [0.1, 0.15) is 0 Å². The molecule has 22 heavy (non-hydrogen) atoms. The van der Waals surface area contributed by atoms with E-state index in [4.69, 9.17) is 0 Å². The number of amides is 1. The van der Waals surface area contributed by atoms with E-state index >= 15 is 0 Å².